The van der Waals surface area contributed by atoms with E-state index in [4.69, 9.17) is 4.74 Å². The van der Waals surface area contributed by atoms with Crippen molar-refractivity contribution < 1.29 is 9.53 Å². The predicted octanol–water partition coefficient (Wildman–Crippen LogP) is 3.01. The molecule has 1 aromatic rings. The molecule has 1 fully saturated rings. The molecule has 0 radical (unpaired) electrons. The van der Waals surface area contributed by atoms with Gasteiger partial charge in [0.2, 0.25) is 0 Å². The highest BCUT2D eigenvalue weighted by atomic mass is 127. The number of ether oxygens (including phenoxy) is 1. The minimum atomic E-state index is -0.175. The molecule has 1 aromatic carbocycles. The third-order valence-corrected chi connectivity index (χ3v) is 4.19. The third-order valence-electron chi connectivity index (χ3n) is 3.17. The number of esters is 1. The van der Waals surface area contributed by atoms with Crippen molar-refractivity contribution in [2.24, 2.45) is 11.8 Å². The van der Waals surface area contributed by atoms with Crippen molar-refractivity contribution in [2.75, 3.05) is 11.0 Å². The Hall–Kier alpha value is -0.580. The van der Waals surface area contributed by atoms with E-state index in [9.17, 15) is 4.79 Å². The molecule has 1 aliphatic rings. The summed E-state index contributed by atoms with van der Waals surface area (Å²) in [4.78, 5) is 10.8. The van der Waals surface area contributed by atoms with Gasteiger partial charge in [-0.05, 0) is 17.4 Å². The highest BCUT2D eigenvalue weighted by Crippen LogP contribution is 2.54. The van der Waals surface area contributed by atoms with Gasteiger partial charge in [0.05, 0.1) is 6.61 Å². The summed E-state index contributed by atoms with van der Waals surface area (Å²) >= 11 is 2.41. The molecular weight excluding hydrogens is 315 g/mol. The number of carbonyl (C=O) groups excluding carboxylic acids is 1. The van der Waals surface area contributed by atoms with Gasteiger partial charge < -0.3 is 4.74 Å². The number of hydrogen-bond acceptors (Lipinski definition) is 2. The van der Waals surface area contributed by atoms with Gasteiger partial charge in [0.1, 0.15) is 0 Å². The van der Waals surface area contributed by atoms with Gasteiger partial charge in [-0.1, -0.05) is 52.9 Å². The molecule has 2 nitrogen and oxygen atoms in total. The van der Waals surface area contributed by atoms with E-state index >= 15 is 0 Å². The first-order chi connectivity index (χ1) is 7.74. The van der Waals surface area contributed by atoms with Gasteiger partial charge >= 0.3 is 5.97 Å². The fourth-order valence-corrected chi connectivity index (χ4v) is 3.47. The Kier molecular flexibility index (Phi) is 3.84. The van der Waals surface area contributed by atoms with Crippen molar-refractivity contribution in [3.05, 3.63) is 35.9 Å². The molecule has 3 atom stereocenters. The van der Waals surface area contributed by atoms with Gasteiger partial charge in [-0.25, -0.2) is 0 Å². The summed E-state index contributed by atoms with van der Waals surface area (Å²) in [5.74, 6) is 1.59. The Labute approximate surface area is 110 Å². The van der Waals surface area contributed by atoms with Gasteiger partial charge in [-0.3, -0.25) is 4.79 Å². The molecule has 16 heavy (non-hydrogen) atoms. The van der Waals surface area contributed by atoms with Crippen molar-refractivity contribution in [1.29, 1.82) is 0 Å². The molecule has 0 aromatic heterocycles. The highest BCUT2D eigenvalue weighted by Gasteiger charge is 2.50. The van der Waals surface area contributed by atoms with E-state index in [2.05, 4.69) is 46.9 Å². The van der Waals surface area contributed by atoms with Crippen LogP contribution >= 0.6 is 22.6 Å². The molecule has 0 N–H and O–H groups in total. The van der Waals surface area contributed by atoms with E-state index in [-0.39, 0.29) is 5.97 Å². The number of halogens is 1. The van der Waals surface area contributed by atoms with E-state index in [1.54, 1.807) is 0 Å². The zero-order valence-corrected chi connectivity index (χ0v) is 11.4. The summed E-state index contributed by atoms with van der Waals surface area (Å²) in [6.45, 7) is 2.04. The Morgan fingerprint density at radius 3 is 2.56 bits per heavy atom. The summed E-state index contributed by atoms with van der Waals surface area (Å²) in [7, 11) is 0. The molecular formula is C13H15IO2. The van der Waals surface area contributed by atoms with E-state index in [0.29, 0.717) is 24.4 Å². The standard InChI is InChI=1S/C13H15IO2/c1-9(15)16-8-12-11(7-14)13(12)10-5-3-2-4-6-10/h2-6,11-13H,7-8H2,1H3/t11-,12+,13+/m0/s1. The molecule has 86 valence electrons. The average Bonchev–Trinajstić information content (AvgIpc) is 3.00. The maximum atomic E-state index is 10.8. The number of carbonyl (C=O) groups is 1. The van der Waals surface area contributed by atoms with Crippen LogP contribution in [-0.2, 0) is 9.53 Å². The molecule has 0 spiro atoms. The van der Waals surface area contributed by atoms with E-state index in [0.717, 1.165) is 4.43 Å². The minimum absolute atomic E-state index is 0.175. The molecule has 1 aliphatic carbocycles. The molecule has 0 bridgehead atoms. The molecule has 2 rings (SSSR count). The van der Waals surface area contributed by atoms with Gasteiger partial charge in [-0.15, -0.1) is 0 Å². The topological polar surface area (TPSA) is 26.3 Å². The molecule has 3 heteroatoms. The average molecular weight is 330 g/mol. The summed E-state index contributed by atoms with van der Waals surface area (Å²) in [6.07, 6.45) is 0. The lowest BCUT2D eigenvalue weighted by molar-refractivity contribution is -0.141. The second-order valence-electron chi connectivity index (χ2n) is 4.22. The fraction of sp³-hybridized carbons (Fsp3) is 0.462. The Bertz CT molecular complexity index is 363. The molecule has 0 heterocycles. The summed E-state index contributed by atoms with van der Waals surface area (Å²) in [5.41, 5.74) is 1.38. The van der Waals surface area contributed by atoms with Crippen LogP contribution in [0.2, 0.25) is 0 Å². The zero-order valence-electron chi connectivity index (χ0n) is 9.23. The van der Waals surface area contributed by atoms with Crippen LogP contribution in [-0.4, -0.2) is 17.0 Å². The first kappa shape index (κ1) is 11.9. The molecule has 0 saturated heterocycles. The van der Waals surface area contributed by atoms with Gasteiger partial charge in [-0.2, -0.15) is 0 Å². The maximum Gasteiger partial charge on any atom is 0.302 e. The summed E-state index contributed by atoms with van der Waals surface area (Å²) < 4.78 is 6.24. The van der Waals surface area contributed by atoms with Gasteiger partial charge in [0.25, 0.3) is 0 Å². The summed E-state index contributed by atoms with van der Waals surface area (Å²) in [6, 6.07) is 10.5. The number of alkyl halides is 1. The third kappa shape index (κ3) is 2.56. The van der Waals surface area contributed by atoms with Crippen LogP contribution in [0.25, 0.3) is 0 Å². The van der Waals surface area contributed by atoms with E-state index in [1.165, 1.54) is 12.5 Å². The molecule has 1 saturated carbocycles. The quantitative estimate of drug-likeness (QED) is 0.482. The number of benzene rings is 1. The largest absolute Gasteiger partial charge is 0.466 e. The van der Waals surface area contributed by atoms with Crippen molar-refractivity contribution >= 4 is 28.6 Å². The number of hydrogen-bond donors (Lipinski definition) is 0. The van der Waals surface area contributed by atoms with Crippen LogP contribution in [0.15, 0.2) is 30.3 Å². The van der Waals surface area contributed by atoms with Crippen molar-refractivity contribution in [3.8, 4) is 0 Å². The Balaban J connectivity index is 1.98. The molecule has 0 unspecified atom stereocenters. The lowest BCUT2D eigenvalue weighted by atomic mass is 10.1. The zero-order chi connectivity index (χ0) is 11.5. The van der Waals surface area contributed by atoms with Gasteiger partial charge in [0, 0.05) is 17.3 Å². The van der Waals surface area contributed by atoms with Crippen LogP contribution in [0.4, 0.5) is 0 Å². The first-order valence-corrected chi connectivity index (χ1v) is 7.01. The van der Waals surface area contributed by atoms with Crippen molar-refractivity contribution in [2.45, 2.75) is 12.8 Å². The second kappa shape index (κ2) is 5.17. The molecule has 0 aliphatic heterocycles. The minimum Gasteiger partial charge on any atom is -0.466 e. The van der Waals surface area contributed by atoms with Crippen LogP contribution in [0.1, 0.15) is 18.4 Å². The van der Waals surface area contributed by atoms with Crippen LogP contribution in [0.3, 0.4) is 0 Å². The van der Waals surface area contributed by atoms with E-state index in [1.807, 2.05) is 6.07 Å². The smallest absolute Gasteiger partial charge is 0.302 e. The Morgan fingerprint density at radius 1 is 1.31 bits per heavy atom. The van der Waals surface area contributed by atoms with Gasteiger partial charge in [0.15, 0.2) is 0 Å². The summed E-state index contributed by atoms with van der Waals surface area (Å²) in [5, 5.41) is 0. The normalized spacial score (nSPS) is 27.5. The SMILES string of the molecule is CC(=O)OC[C@@H]1[C@H](CI)[C@H]1c1ccccc1. The lowest BCUT2D eigenvalue weighted by Gasteiger charge is -2.00. The van der Waals surface area contributed by atoms with Crippen molar-refractivity contribution in [3.63, 3.8) is 0 Å². The maximum absolute atomic E-state index is 10.8. The molecule has 0 amide bonds. The van der Waals surface area contributed by atoms with Crippen LogP contribution in [0, 0.1) is 11.8 Å². The van der Waals surface area contributed by atoms with E-state index < -0.39 is 0 Å². The first-order valence-electron chi connectivity index (χ1n) is 5.48. The predicted molar refractivity (Wildman–Crippen MR) is 71.7 cm³/mol. The van der Waals surface area contributed by atoms with Crippen molar-refractivity contribution in [1.82, 2.24) is 0 Å². The lowest BCUT2D eigenvalue weighted by Crippen LogP contribution is -2.03. The highest BCUT2D eigenvalue weighted by molar-refractivity contribution is 14.1. The second-order valence-corrected chi connectivity index (χ2v) is 5.10. The van der Waals surface area contributed by atoms with Crippen LogP contribution < -0.4 is 0 Å². The van der Waals surface area contributed by atoms with Crippen LogP contribution in [0.5, 0.6) is 0 Å². The fourth-order valence-electron chi connectivity index (χ4n) is 2.27. The monoisotopic (exact) mass is 330 g/mol. The Morgan fingerprint density at radius 2 is 2.00 bits per heavy atom. The number of rotatable bonds is 4.